The maximum Gasteiger partial charge on any atom is 0.239 e. The molecule has 0 spiro atoms. The lowest BCUT2D eigenvalue weighted by atomic mass is 10.2. The third-order valence-corrected chi connectivity index (χ3v) is 5.94. The van der Waals surface area contributed by atoms with E-state index in [2.05, 4.69) is 41.4 Å². The van der Waals surface area contributed by atoms with Gasteiger partial charge in [-0.1, -0.05) is 23.7 Å². The van der Waals surface area contributed by atoms with Gasteiger partial charge in [0.05, 0.1) is 29.6 Å². The number of carbonyl (C=O) groups excluding carboxylic acids is 2. The van der Waals surface area contributed by atoms with Crippen molar-refractivity contribution >= 4 is 69.0 Å². The summed E-state index contributed by atoms with van der Waals surface area (Å²) in [5.41, 5.74) is 2.78. The van der Waals surface area contributed by atoms with Crippen LogP contribution in [-0.2, 0) is 9.59 Å². The SMILES string of the molecule is CN(C)CC(=O)Nc1n[nH]c2cc(Nc3ncc(Cl)c(Nc4ccccc4NC(=O)C4CC4)n3)ccc12. The number of carbonyl (C=O) groups is 2. The highest BCUT2D eigenvalue weighted by molar-refractivity contribution is 6.33. The van der Waals surface area contributed by atoms with E-state index in [1.165, 1.54) is 6.20 Å². The first-order chi connectivity index (χ1) is 17.9. The second kappa shape index (κ2) is 10.4. The van der Waals surface area contributed by atoms with Crippen molar-refractivity contribution in [2.75, 3.05) is 41.9 Å². The standard InChI is InChI=1S/C25H26ClN9O2/c1-35(2)13-21(36)31-22-16-10-9-15(11-20(16)33-34-22)28-25-27-12-17(26)23(32-25)29-18-5-3-4-6-19(18)30-24(37)14-7-8-14/h3-6,9-12,14H,7-8,13H2,1-2H3,(H,30,37)(H2,27,28,29,32)(H2,31,33,34,36). The number of nitrogens with one attached hydrogen (secondary N) is 5. The molecule has 0 saturated heterocycles. The zero-order chi connectivity index (χ0) is 25.9. The molecule has 5 N–H and O–H groups in total. The molecule has 4 aromatic rings. The highest BCUT2D eigenvalue weighted by atomic mass is 35.5. The molecule has 1 aliphatic carbocycles. The minimum atomic E-state index is -0.149. The molecule has 12 heteroatoms. The van der Waals surface area contributed by atoms with E-state index in [1.54, 1.807) is 4.90 Å². The van der Waals surface area contributed by atoms with Crippen LogP contribution in [0.15, 0.2) is 48.7 Å². The number of rotatable bonds is 9. The Labute approximate surface area is 218 Å². The quantitative estimate of drug-likeness (QED) is 0.220. The first-order valence-corrected chi connectivity index (χ1v) is 12.1. The molecule has 11 nitrogen and oxygen atoms in total. The molecule has 0 unspecified atom stereocenters. The summed E-state index contributed by atoms with van der Waals surface area (Å²) in [6.07, 6.45) is 3.34. The Hall–Kier alpha value is -4.22. The number of para-hydroxylation sites is 2. The monoisotopic (exact) mass is 519 g/mol. The molecular weight excluding hydrogens is 494 g/mol. The van der Waals surface area contributed by atoms with Gasteiger partial charge in [-0.15, -0.1) is 0 Å². The molecule has 1 fully saturated rings. The number of likely N-dealkylation sites (N-methyl/N-ethyl adjacent to an activating group) is 1. The molecular formula is C25H26ClN9O2. The van der Waals surface area contributed by atoms with E-state index in [4.69, 9.17) is 11.6 Å². The van der Waals surface area contributed by atoms with Crippen LogP contribution in [-0.4, -0.2) is 57.5 Å². The number of hydrogen-bond acceptors (Lipinski definition) is 8. The Morgan fingerprint density at radius 1 is 1.05 bits per heavy atom. The normalized spacial score (nSPS) is 13.0. The van der Waals surface area contributed by atoms with Gasteiger partial charge in [0.2, 0.25) is 17.8 Å². The van der Waals surface area contributed by atoms with E-state index >= 15 is 0 Å². The molecule has 190 valence electrons. The average molecular weight is 520 g/mol. The topological polar surface area (TPSA) is 140 Å². The fraction of sp³-hybridized carbons (Fsp3) is 0.240. The lowest BCUT2D eigenvalue weighted by Gasteiger charge is -2.14. The van der Waals surface area contributed by atoms with Crippen LogP contribution < -0.4 is 21.3 Å². The Kier molecular flexibility index (Phi) is 6.89. The number of hydrogen-bond donors (Lipinski definition) is 5. The van der Waals surface area contributed by atoms with Gasteiger partial charge in [-0.2, -0.15) is 10.1 Å². The number of fused-ring (bicyclic) bond motifs is 1. The molecule has 2 heterocycles. The maximum atomic E-state index is 12.3. The maximum absolute atomic E-state index is 12.3. The summed E-state index contributed by atoms with van der Waals surface area (Å²) < 4.78 is 0. The van der Waals surface area contributed by atoms with Crippen molar-refractivity contribution in [3.05, 3.63) is 53.7 Å². The minimum Gasteiger partial charge on any atom is -0.337 e. The molecule has 5 rings (SSSR count). The van der Waals surface area contributed by atoms with Crippen molar-refractivity contribution < 1.29 is 9.59 Å². The van der Waals surface area contributed by atoms with Gasteiger partial charge in [0.15, 0.2) is 11.6 Å². The molecule has 37 heavy (non-hydrogen) atoms. The summed E-state index contributed by atoms with van der Waals surface area (Å²) in [4.78, 5) is 34.9. The Morgan fingerprint density at radius 3 is 2.59 bits per heavy atom. The van der Waals surface area contributed by atoms with Crippen LogP contribution in [0.25, 0.3) is 10.9 Å². The van der Waals surface area contributed by atoms with Gasteiger partial charge in [0.1, 0.15) is 5.02 Å². The van der Waals surface area contributed by atoms with Crippen LogP contribution in [0.5, 0.6) is 0 Å². The fourth-order valence-electron chi connectivity index (χ4n) is 3.70. The molecule has 0 aliphatic heterocycles. The minimum absolute atomic E-state index is 0.0139. The number of H-pyrrole nitrogens is 1. The molecule has 2 aromatic heterocycles. The highest BCUT2D eigenvalue weighted by Gasteiger charge is 2.30. The van der Waals surface area contributed by atoms with Gasteiger partial charge in [0, 0.05) is 17.0 Å². The number of nitrogens with zero attached hydrogens (tertiary/aromatic N) is 4. The van der Waals surface area contributed by atoms with E-state index in [1.807, 2.05) is 56.6 Å². The predicted molar refractivity (Wildman–Crippen MR) is 145 cm³/mol. The summed E-state index contributed by atoms with van der Waals surface area (Å²) in [6.45, 7) is 0.260. The molecule has 0 radical (unpaired) electrons. The first kappa shape index (κ1) is 24.5. The van der Waals surface area contributed by atoms with Crippen LogP contribution >= 0.6 is 11.6 Å². The number of aromatic amines is 1. The third-order valence-electron chi connectivity index (χ3n) is 5.67. The predicted octanol–water partition coefficient (Wildman–Crippen LogP) is 4.34. The van der Waals surface area contributed by atoms with Crippen molar-refractivity contribution in [3.63, 3.8) is 0 Å². The molecule has 1 aliphatic rings. The molecule has 2 aromatic carbocycles. The van der Waals surface area contributed by atoms with Gasteiger partial charge in [-0.25, -0.2) is 4.98 Å². The lowest BCUT2D eigenvalue weighted by Crippen LogP contribution is -2.27. The third kappa shape index (κ3) is 5.96. The van der Waals surface area contributed by atoms with E-state index in [0.29, 0.717) is 39.7 Å². The second-order valence-corrected chi connectivity index (χ2v) is 9.47. The molecule has 0 bridgehead atoms. The molecule has 2 amide bonds. The van der Waals surface area contributed by atoms with E-state index in [0.717, 1.165) is 23.7 Å². The number of anilines is 6. The molecule has 0 atom stereocenters. The number of benzene rings is 2. The van der Waals surface area contributed by atoms with E-state index in [-0.39, 0.29) is 24.3 Å². The van der Waals surface area contributed by atoms with Gasteiger partial charge in [-0.05, 0) is 57.3 Å². The van der Waals surface area contributed by atoms with Crippen LogP contribution in [0.1, 0.15) is 12.8 Å². The Bertz CT molecular complexity index is 1470. The number of amides is 2. The molecule has 1 saturated carbocycles. The summed E-state index contributed by atoms with van der Waals surface area (Å²) in [6, 6.07) is 12.9. The number of halogens is 1. The average Bonchev–Trinajstić information content (AvgIpc) is 3.64. The summed E-state index contributed by atoms with van der Waals surface area (Å²) in [5.74, 6) is 1.13. The summed E-state index contributed by atoms with van der Waals surface area (Å²) in [5, 5.41) is 20.4. The van der Waals surface area contributed by atoms with E-state index in [9.17, 15) is 9.59 Å². The van der Waals surface area contributed by atoms with Gasteiger partial charge >= 0.3 is 0 Å². The van der Waals surface area contributed by atoms with Crippen molar-refractivity contribution in [1.82, 2.24) is 25.1 Å². The van der Waals surface area contributed by atoms with Gasteiger partial charge < -0.3 is 26.2 Å². The zero-order valence-corrected chi connectivity index (χ0v) is 21.1. The van der Waals surface area contributed by atoms with Crippen LogP contribution in [0.3, 0.4) is 0 Å². The first-order valence-electron chi connectivity index (χ1n) is 11.7. The van der Waals surface area contributed by atoms with E-state index < -0.39 is 0 Å². The number of aromatic nitrogens is 4. The Morgan fingerprint density at radius 2 is 1.84 bits per heavy atom. The van der Waals surface area contributed by atoms with Crippen LogP contribution in [0.2, 0.25) is 5.02 Å². The summed E-state index contributed by atoms with van der Waals surface area (Å²) in [7, 11) is 3.65. The fourth-order valence-corrected chi connectivity index (χ4v) is 3.84. The Balaban J connectivity index is 1.31. The van der Waals surface area contributed by atoms with Crippen LogP contribution in [0, 0.1) is 5.92 Å². The van der Waals surface area contributed by atoms with Crippen LogP contribution in [0.4, 0.5) is 34.6 Å². The van der Waals surface area contributed by atoms with Crippen molar-refractivity contribution in [2.45, 2.75) is 12.8 Å². The van der Waals surface area contributed by atoms with Gasteiger partial charge in [0.25, 0.3) is 0 Å². The van der Waals surface area contributed by atoms with Crippen molar-refractivity contribution in [2.24, 2.45) is 5.92 Å². The smallest absolute Gasteiger partial charge is 0.239 e. The zero-order valence-electron chi connectivity index (χ0n) is 20.3. The highest BCUT2D eigenvalue weighted by Crippen LogP contribution is 2.33. The van der Waals surface area contributed by atoms with Crippen molar-refractivity contribution in [3.8, 4) is 0 Å². The largest absolute Gasteiger partial charge is 0.337 e. The summed E-state index contributed by atoms with van der Waals surface area (Å²) >= 11 is 6.37. The van der Waals surface area contributed by atoms with Gasteiger partial charge in [-0.3, -0.25) is 14.7 Å². The lowest BCUT2D eigenvalue weighted by molar-refractivity contribution is -0.117. The second-order valence-electron chi connectivity index (χ2n) is 9.07. The van der Waals surface area contributed by atoms with Crippen molar-refractivity contribution in [1.29, 1.82) is 0 Å².